The number of nitrogens with zero attached hydrogens (tertiary/aromatic N) is 1. The van der Waals surface area contributed by atoms with E-state index in [-0.39, 0.29) is 5.69 Å². The van der Waals surface area contributed by atoms with Crippen LogP contribution in [0, 0.1) is 16.0 Å². The Balaban J connectivity index is 2.52. The highest BCUT2D eigenvalue weighted by molar-refractivity contribution is 6.32. The summed E-state index contributed by atoms with van der Waals surface area (Å²) in [5, 5.41) is 14.4. The Bertz CT molecular complexity index is 426. The topological polar surface area (TPSA) is 64.4 Å². The molecule has 0 fully saturated rings. The first-order valence-electron chi connectivity index (χ1n) is 6.32. The van der Waals surface area contributed by atoms with Crippen LogP contribution < -0.4 is 10.1 Å². The van der Waals surface area contributed by atoms with Crippen molar-refractivity contribution in [1.82, 2.24) is 5.32 Å². The van der Waals surface area contributed by atoms with Gasteiger partial charge in [0.25, 0.3) is 5.69 Å². The fourth-order valence-electron chi connectivity index (χ4n) is 1.53. The molecule has 0 saturated heterocycles. The second-order valence-electron chi connectivity index (χ2n) is 4.49. The lowest BCUT2D eigenvalue weighted by Crippen LogP contribution is -2.25. The highest BCUT2D eigenvalue weighted by Gasteiger charge is 2.11. The van der Waals surface area contributed by atoms with Gasteiger partial charge in [-0.15, -0.1) is 0 Å². The Morgan fingerprint density at radius 1 is 1.53 bits per heavy atom. The Morgan fingerprint density at radius 3 is 2.89 bits per heavy atom. The molecule has 0 aliphatic heterocycles. The zero-order valence-electron chi connectivity index (χ0n) is 11.2. The monoisotopic (exact) mass is 286 g/mol. The fourth-order valence-corrected chi connectivity index (χ4v) is 1.70. The number of halogens is 1. The van der Waals surface area contributed by atoms with Crippen LogP contribution >= 0.6 is 11.6 Å². The van der Waals surface area contributed by atoms with E-state index in [1.54, 1.807) is 0 Å². The lowest BCUT2D eigenvalue weighted by Gasteiger charge is -2.14. The molecule has 0 spiro atoms. The van der Waals surface area contributed by atoms with E-state index in [4.69, 9.17) is 16.3 Å². The zero-order chi connectivity index (χ0) is 14.3. The maximum atomic E-state index is 10.7. The third-order valence-corrected chi connectivity index (χ3v) is 2.88. The summed E-state index contributed by atoms with van der Waals surface area (Å²) in [4.78, 5) is 10.2. The number of nitro benzene ring substituents is 1. The second kappa shape index (κ2) is 7.96. The molecule has 5 nitrogen and oxygen atoms in total. The van der Waals surface area contributed by atoms with E-state index in [1.165, 1.54) is 18.2 Å². The van der Waals surface area contributed by atoms with E-state index in [9.17, 15) is 10.1 Å². The molecule has 1 aromatic rings. The zero-order valence-corrected chi connectivity index (χ0v) is 11.9. The van der Waals surface area contributed by atoms with Crippen LogP contribution in [0.15, 0.2) is 18.2 Å². The van der Waals surface area contributed by atoms with Crippen molar-refractivity contribution in [3.05, 3.63) is 33.3 Å². The van der Waals surface area contributed by atoms with Gasteiger partial charge in [-0.25, -0.2) is 0 Å². The number of benzene rings is 1. The maximum Gasteiger partial charge on any atom is 0.273 e. The predicted molar refractivity (Wildman–Crippen MR) is 75.9 cm³/mol. The average Bonchev–Trinajstić information content (AvgIpc) is 2.37. The van der Waals surface area contributed by atoms with Crippen LogP contribution in [0.5, 0.6) is 5.75 Å². The molecule has 6 heteroatoms. The van der Waals surface area contributed by atoms with Crippen LogP contribution in [0.2, 0.25) is 5.02 Å². The number of rotatable bonds is 8. The van der Waals surface area contributed by atoms with Crippen LogP contribution in [0.4, 0.5) is 5.69 Å². The summed E-state index contributed by atoms with van der Waals surface area (Å²) in [6, 6.07) is 4.20. The third kappa shape index (κ3) is 5.44. The van der Waals surface area contributed by atoms with Gasteiger partial charge < -0.3 is 10.1 Å². The molecule has 0 amide bonds. The van der Waals surface area contributed by atoms with Crippen molar-refractivity contribution in [2.45, 2.75) is 20.3 Å². The van der Waals surface area contributed by atoms with Crippen molar-refractivity contribution in [3.63, 3.8) is 0 Å². The SMILES string of the molecule is CCCNCC(C)COc1cc([N+](=O)[O-])ccc1Cl. The first-order valence-corrected chi connectivity index (χ1v) is 6.69. The smallest absolute Gasteiger partial charge is 0.273 e. The van der Waals surface area contributed by atoms with Gasteiger partial charge >= 0.3 is 0 Å². The van der Waals surface area contributed by atoms with Gasteiger partial charge in [0.05, 0.1) is 22.6 Å². The van der Waals surface area contributed by atoms with Gasteiger partial charge in [-0.2, -0.15) is 0 Å². The van der Waals surface area contributed by atoms with Crippen molar-refractivity contribution in [2.75, 3.05) is 19.7 Å². The van der Waals surface area contributed by atoms with Gasteiger partial charge in [0.2, 0.25) is 0 Å². The number of hydrogen-bond acceptors (Lipinski definition) is 4. The highest BCUT2D eigenvalue weighted by Crippen LogP contribution is 2.29. The average molecular weight is 287 g/mol. The second-order valence-corrected chi connectivity index (χ2v) is 4.90. The van der Waals surface area contributed by atoms with Crippen molar-refractivity contribution >= 4 is 17.3 Å². The van der Waals surface area contributed by atoms with Crippen molar-refractivity contribution in [2.24, 2.45) is 5.92 Å². The van der Waals surface area contributed by atoms with E-state index in [1.807, 2.05) is 6.92 Å². The molecule has 1 atom stereocenters. The van der Waals surface area contributed by atoms with Gasteiger partial charge in [0.15, 0.2) is 0 Å². The summed E-state index contributed by atoms with van der Waals surface area (Å²) in [7, 11) is 0. The normalized spacial score (nSPS) is 12.2. The number of nitro groups is 1. The lowest BCUT2D eigenvalue weighted by molar-refractivity contribution is -0.384. The van der Waals surface area contributed by atoms with Crippen molar-refractivity contribution in [3.8, 4) is 5.75 Å². The lowest BCUT2D eigenvalue weighted by atomic mass is 10.2. The highest BCUT2D eigenvalue weighted by atomic mass is 35.5. The molecule has 1 N–H and O–H groups in total. The molecule has 1 unspecified atom stereocenters. The van der Waals surface area contributed by atoms with Gasteiger partial charge in [-0.05, 0) is 19.0 Å². The van der Waals surface area contributed by atoms with Crippen LogP contribution in [-0.2, 0) is 0 Å². The number of hydrogen-bond donors (Lipinski definition) is 1. The van der Waals surface area contributed by atoms with Crippen LogP contribution in [0.1, 0.15) is 20.3 Å². The quantitative estimate of drug-likeness (QED) is 0.452. The molecule has 0 aliphatic carbocycles. The predicted octanol–water partition coefficient (Wildman–Crippen LogP) is 3.26. The van der Waals surface area contributed by atoms with E-state index in [2.05, 4.69) is 12.2 Å². The summed E-state index contributed by atoms with van der Waals surface area (Å²) in [6.07, 6.45) is 1.09. The maximum absolute atomic E-state index is 10.7. The number of nitrogens with one attached hydrogen (secondary N) is 1. The summed E-state index contributed by atoms with van der Waals surface area (Å²) in [6.45, 7) is 6.45. The molecule has 0 radical (unpaired) electrons. The molecular weight excluding hydrogens is 268 g/mol. The van der Waals surface area contributed by atoms with Crippen LogP contribution in [0.25, 0.3) is 0 Å². The number of non-ortho nitro benzene ring substituents is 1. The molecular formula is C13H19ClN2O3. The number of ether oxygens (including phenoxy) is 1. The molecule has 0 aliphatic rings. The van der Waals surface area contributed by atoms with Gasteiger partial charge in [-0.3, -0.25) is 10.1 Å². The largest absolute Gasteiger partial charge is 0.491 e. The Morgan fingerprint density at radius 2 is 2.26 bits per heavy atom. The first kappa shape index (κ1) is 15.7. The minimum atomic E-state index is -0.463. The van der Waals surface area contributed by atoms with Crippen LogP contribution in [-0.4, -0.2) is 24.6 Å². The molecule has 1 rings (SSSR count). The molecule has 106 valence electrons. The third-order valence-electron chi connectivity index (χ3n) is 2.57. The summed E-state index contributed by atoms with van der Waals surface area (Å²) < 4.78 is 5.54. The Hall–Kier alpha value is -1.33. The van der Waals surface area contributed by atoms with Crippen molar-refractivity contribution < 1.29 is 9.66 Å². The standard InChI is InChI=1S/C13H19ClN2O3/c1-3-6-15-8-10(2)9-19-13-7-11(16(17)18)4-5-12(13)14/h4-5,7,10,15H,3,6,8-9H2,1-2H3. The minimum absolute atomic E-state index is 0.0174. The van der Waals surface area contributed by atoms with E-state index < -0.39 is 4.92 Å². The van der Waals surface area contributed by atoms with E-state index in [0.29, 0.717) is 23.3 Å². The summed E-state index contributed by atoms with van der Waals surface area (Å²) >= 11 is 5.95. The van der Waals surface area contributed by atoms with Gasteiger partial charge in [0.1, 0.15) is 5.75 Å². The summed E-state index contributed by atoms with van der Waals surface area (Å²) in [5.41, 5.74) is -0.0174. The van der Waals surface area contributed by atoms with E-state index >= 15 is 0 Å². The molecule has 0 bridgehead atoms. The van der Waals surface area contributed by atoms with Crippen molar-refractivity contribution in [1.29, 1.82) is 0 Å². The van der Waals surface area contributed by atoms with E-state index in [0.717, 1.165) is 19.5 Å². The molecule has 0 saturated carbocycles. The van der Waals surface area contributed by atoms with Gasteiger partial charge in [0, 0.05) is 18.5 Å². The Labute approximate surface area is 118 Å². The Kier molecular flexibility index (Phi) is 6.59. The van der Waals surface area contributed by atoms with Crippen LogP contribution in [0.3, 0.4) is 0 Å². The summed E-state index contributed by atoms with van der Waals surface area (Å²) in [5.74, 6) is 0.667. The fraction of sp³-hybridized carbons (Fsp3) is 0.538. The molecule has 19 heavy (non-hydrogen) atoms. The molecule has 0 aromatic heterocycles. The van der Waals surface area contributed by atoms with Gasteiger partial charge in [-0.1, -0.05) is 25.4 Å². The molecule has 1 aromatic carbocycles. The first-order chi connectivity index (χ1) is 9.04. The minimum Gasteiger partial charge on any atom is -0.491 e. The molecule has 0 heterocycles.